The summed E-state index contributed by atoms with van der Waals surface area (Å²) in [7, 11) is 0. The Hall–Kier alpha value is -2.02. The molecule has 4 aliphatic heterocycles. The van der Waals surface area contributed by atoms with Gasteiger partial charge in [-0.25, -0.2) is 9.59 Å². The third kappa shape index (κ3) is 12.1. The van der Waals surface area contributed by atoms with Crippen molar-refractivity contribution < 1.29 is 124 Å². The highest BCUT2D eigenvalue weighted by Crippen LogP contribution is 2.38. The zero-order valence-electron chi connectivity index (χ0n) is 33.8. The van der Waals surface area contributed by atoms with Gasteiger partial charge in [0, 0.05) is 19.4 Å². The van der Waals surface area contributed by atoms with Gasteiger partial charge in [0.25, 0.3) is 11.6 Å². The number of carboxylic acids is 2. The van der Waals surface area contributed by atoms with Crippen LogP contribution in [0.4, 0.5) is 0 Å². The van der Waals surface area contributed by atoms with Crippen LogP contribution < -0.4 is 17.2 Å². The molecule has 63 heavy (non-hydrogen) atoms. The summed E-state index contributed by atoms with van der Waals surface area (Å²) >= 11 is 0. The molecule has 0 aromatic heterocycles. The molecule has 28 nitrogen and oxygen atoms in total. The number of aliphatic hydroxyl groups excluding tert-OH is 13. The van der Waals surface area contributed by atoms with E-state index in [0.717, 1.165) is 0 Å². The van der Waals surface area contributed by atoms with Crippen LogP contribution in [0.25, 0.3) is 0 Å². The zero-order chi connectivity index (χ0) is 47.1. The number of carboxylic acid groups (broad SMARTS) is 2. The van der Waals surface area contributed by atoms with Gasteiger partial charge in [-0.15, -0.1) is 0 Å². The molecule has 0 radical (unpaired) electrons. The van der Waals surface area contributed by atoms with Crippen LogP contribution in [0.5, 0.6) is 0 Å². The van der Waals surface area contributed by atoms with Crippen molar-refractivity contribution in [2.45, 2.75) is 166 Å². The highest BCUT2D eigenvalue weighted by Gasteiger charge is 2.59. The predicted octanol–water partition coefficient (Wildman–Crippen LogP) is -10.3. The van der Waals surface area contributed by atoms with Crippen molar-refractivity contribution >= 4 is 11.9 Å². The van der Waals surface area contributed by atoms with Gasteiger partial charge in [0.15, 0.2) is 12.6 Å². The number of aliphatic carboxylic acids is 2. The van der Waals surface area contributed by atoms with Crippen LogP contribution in [0.1, 0.15) is 32.1 Å². The minimum absolute atomic E-state index is 0.0326. The van der Waals surface area contributed by atoms with Crippen LogP contribution >= 0.6 is 0 Å². The highest BCUT2D eigenvalue weighted by atomic mass is 16.8. The lowest BCUT2D eigenvalue weighted by Gasteiger charge is -2.49. The Labute approximate surface area is 358 Å². The molecule has 6 unspecified atom stereocenters. The van der Waals surface area contributed by atoms with Crippen molar-refractivity contribution in [2.24, 2.45) is 17.2 Å². The fourth-order valence-corrected chi connectivity index (χ4v) is 7.50. The fraction of sp³-hybridized carbons (Fsp3) is 0.943. The van der Waals surface area contributed by atoms with Gasteiger partial charge in [-0.3, -0.25) is 0 Å². The predicted molar refractivity (Wildman–Crippen MR) is 199 cm³/mol. The number of aliphatic hydroxyl groups is 13. The van der Waals surface area contributed by atoms with Gasteiger partial charge in [0.05, 0.1) is 50.7 Å². The monoisotopic (exact) mass is 925 g/mol. The maximum atomic E-state index is 13.0. The third-order valence-electron chi connectivity index (χ3n) is 11.5. The van der Waals surface area contributed by atoms with E-state index in [1.54, 1.807) is 0 Å². The lowest BCUT2D eigenvalue weighted by atomic mass is 9.88. The molecular formula is C35H63N3O25. The molecule has 4 aliphatic rings. The van der Waals surface area contributed by atoms with E-state index in [-0.39, 0.29) is 6.61 Å². The normalized spacial score (nSPS) is 43.2. The summed E-state index contributed by atoms with van der Waals surface area (Å²) in [5.74, 6) is -9.70. The van der Waals surface area contributed by atoms with Crippen molar-refractivity contribution in [3.63, 3.8) is 0 Å². The summed E-state index contributed by atoms with van der Waals surface area (Å²) in [6, 6.07) is -3.21. The molecule has 4 rings (SSSR count). The third-order valence-corrected chi connectivity index (χ3v) is 11.5. The number of hydrogen-bond donors (Lipinski definition) is 18. The maximum absolute atomic E-state index is 13.0. The molecule has 28 heteroatoms. The maximum Gasteiger partial charge on any atom is 0.364 e. The Morgan fingerprint density at radius 2 is 1.10 bits per heavy atom. The fourth-order valence-electron chi connectivity index (χ4n) is 7.50. The highest BCUT2D eigenvalue weighted by molar-refractivity contribution is 5.76. The first kappa shape index (κ1) is 53.6. The van der Waals surface area contributed by atoms with Gasteiger partial charge in [-0.1, -0.05) is 0 Å². The minimum atomic E-state index is -2.97. The average molecular weight is 926 g/mol. The zero-order valence-corrected chi connectivity index (χ0v) is 33.8. The molecule has 368 valence electrons. The number of nitrogens with two attached hydrogens (primary N) is 3. The molecule has 4 heterocycles. The van der Waals surface area contributed by atoms with E-state index in [9.17, 15) is 86.2 Å². The van der Waals surface area contributed by atoms with Crippen molar-refractivity contribution in [2.75, 3.05) is 39.6 Å². The number of carbonyl (C=O) groups is 2. The van der Waals surface area contributed by atoms with Gasteiger partial charge in [-0.05, 0) is 25.8 Å². The van der Waals surface area contributed by atoms with E-state index in [4.69, 9.17) is 55.1 Å². The number of hydrogen-bond acceptors (Lipinski definition) is 26. The first-order chi connectivity index (χ1) is 29.6. The molecule has 0 spiro atoms. The Morgan fingerprint density at radius 1 is 0.635 bits per heavy atom. The topological polar surface area (TPSA) is 489 Å². The lowest BCUT2D eigenvalue weighted by molar-refractivity contribution is -0.363. The quantitative estimate of drug-likeness (QED) is 0.0448. The van der Waals surface area contributed by atoms with Crippen LogP contribution in [-0.4, -0.2) is 262 Å². The summed E-state index contributed by atoms with van der Waals surface area (Å²) < 4.78 is 44.9. The smallest absolute Gasteiger partial charge is 0.364 e. The number of rotatable bonds is 22. The van der Waals surface area contributed by atoms with Crippen LogP contribution in [0.2, 0.25) is 0 Å². The standard InChI is InChI=1S/C35H63N3O25/c36-4-2-1-3-5-56-30-26(50)24(48)22(46)16(60-30)10-58-35(33(54)55)7-15(19(38)29(63-35)21(45)14(43)9-40)59-31-27(51)25(49)23(47)17(61-31)11-57-34(32(52)53)6-12(41)18(37)28(62-34)20(44)13(42)8-39/h12-31,39-51H,1-11,36-38H2,(H,52,53)(H,54,55)/t12-,13-,14-,15-,16?,17?,18-,19-,20-,21-,22+,23+,24+,25+,26?,27?,28?,29?,30+,31+,34-,35-/m1/s1. The molecule has 0 aromatic carbocycles. The molecule has 4 fully saturated rings. The second kappa shape index (κ2) is 23.1. The van der Waals surface area contributed by atoms with Gasteiger partial charge in [-0.2, -0.15) is 0 Å². The molecule has 4 saturated heterocycles. The number of ether oxygens (including phenoxy) is 8. The van der Waals surface area contributed by atoms with Crippen LogP contribution in [-0.2, 0) is 47.5 Å². The van der Waals surface area contributed by atoms with Crippen LogP contribution in [0, 0.1) is 0 Å². The molecule has 22 atom stereocenters. The molecule has 0 bridgehead atoms. The van der Waals surface area contributed by atoms with Gasteiger partial charge < -0.3 is 132 Å². The van der Waals surface area contributed by atoms with Crippen molar-refractivity contribution in [1.82, 2.24) is 0 Å². The van der Waals surface area contributed by atoms with E-state index >= 15 is 0 Å². The Balaban J connectivity index is 1.57. The largest absolute Gasteiger partial charge is 0.477 e. The first-order valence-corrected chi connectivity index (χ1v) is 20.2. The molecular weight excluding hydrogens is 862 g/mol. The molecule has 21 N–H and O–H groups in total. The Bertz CT molecular complexity index is 1450. The summed E-state index contributed by atoms with van der Waals surface area (Å²) in [5, 5.41) is 156. The number of unbranched alkanes of at least 4 members (excludes halogenated alkanes) is 2. The summed E-state index contributed by atoms with van der Waals surface area (Å²) in [5.41, 5.74) is 17.7. The van der Waals surface area contributed by atoms with E-state index in [0.29, 0.717) is 25.8 Å². The van der Waals surface area contributed by atoms with E-state index in [2.05, 4.69) is 0 Å². The summed E-state index contributed by atoms with van der Waals surface area (Å²) in [6.45, 7) is -3.66. The SMILES string of the molecule is NCCCCCO[C@H]1OC(CO[C@]2(C(=O)O)C[C@@H](O[C@H]3OC(CO[C@]4(C(=O)O)C[C@@H](O)[C@@H](N)C([C@H](O)[C@H](O)CO)O4)[C@H](O)[C@H](O)C3O)[C@@H](N)C([C@H](O)[C@H](O)CO)O2)[C@H](O)[C@H](O)C1O. The van der Waals surface area contributed by atoms with Crippen LogP contribution in [0.3, 0.4) is 0 Å². The van der Waals surface area contributed by atoms with Crippen molar-refractivity contribution in [3.8, 4) is 0 Å². The van der Waals surface area contributed by atoms with Gasteiger partial charge in [0.1, 0.15) is 85.5 Å². The van der Waals surface area contributed by atoms with Gasteiger partial charge in [0.2, 0.25) is 0 Å². The first-order valence-electron chi connectivity index (χ1n) is 20.2. The second-order valence-corrected chi connectivity index (χ2v) is 15.9. The van der Waals surface area contributed by atoms with Crippen molar-refractivity contribution in [1.29, 1.82) is 0 Å². The molecule has 0 aromatic rings. The summed E-state index contributed by atoms with van der Waals surface area (Å²) in [6.07, 6.45) is -34.8. The van der Waals surface area contributed by atoms with E-state index in [1.165, 1.54) is 0 Å². The Morgan fingerprint density at radius 3 is 1.57 bits per heavy atom. The molecule has 0 aliphatic carbocycles. The second-order valence-electron chi connectivity index (χ2n) is 15.9. The molecule has 0 amide bonds. The molecule has 0 saturated carbocycles. The van der Waals surface area contributed by atoms with Crippen LogP contribution in [0.15, 0.2) is 0 Å². The van der Waals surface area contributed by atoms with Crippen molar-refractivity contribution in [3.05, 3.63) is 0 Å². The minimum Gasteiger partial charge on any atom is -0.477 e. The van der Waals surface area contributed by atoms with E-state index in [1.807, 2.05) is 0 Å². The van der Waals surface area contributed by atoms with E-state index < -0.39 is 185 Å². The lowest BCUT2D eigenvalue weighted by Crippen LogP contribution is -2.69. The summed E-state index contributed by atoms with van der Waals surface area (Å²) in [4.78, 5) is 25.5. The average Bonchev–Trinajstić information content (AvgIpc) is 3.26. The van der Waals surface area contributed by atoms with Gasteiger partial charge >= 0.3 is 11.9 Å². The Kier molecular flexibility index (Phi) is 19.7.